The molecular formula is C9H8F2O3. The van der Waals surface area contributed by atoms with E-state index in [2.05, 4.69) is 4.74 Å². The largest absolute Gasteiger partial charge is 0.508 e. The zero-order valence-corrected chi connectivity index (χ0v) is 7.33. The summed E-state index contributed by atoms with van der Waals surface area (Å²) in [6, 6.07) is 3.44. The Morgan fingerprint density at radius 2 is 2.14 bits per heavy atom. The summed E-state index contributed by atoms with van der Waals surface area (Å²) < 4.78 is 27.8. The number of alkyl halides is 2. The van der Waals surface area contributed by atoms with Gasteiger partial charge in [-0.15, -0.1) is 0 Å². The Hall–Kier alpha value is -1.65. The molecule has 0 radical (unpaired) electrons. The summed E-state index contributed by atoms with van der Waals surface area (Å²) >= 11 is 0. The van der Waals surface area contributed by atoms with E-state index in [1.54, 1.807) is 0 Å². The van der Waals surface area contributed by atoms with Crippen LogP contribution in [0, 0.1) is 0 Å². The van der Waals surface area contributed by atoms with Gasteiger partial charge in [-0.05, 0) is 19.1 Å². The predicted molar refractivity (Wildman–Crippen MR) is 44.7 cm³/mol. The molecule has 0 bridgehead atoms. The van der Waals surface area contributed by atoms with Crippen LogP contribution < -0.4 is 4.74 Å². The van der Waals surface area contributed by atoms with E-state index in [9.17, 15) is 13.6 Å². The average Bonchev–Trinajstić information content (AvgIpc) is 2.01. The third-order valence-electron chi connectivity index (χ3n) is 1.56. The van der Waals surface area contributed by atoms with Gasteiger partial charge in [0.2, 0.25) is 0 Å². The highest BCUT2D eigenvalue weighted by Crippen LogP contribution is 2.25. The molecule has 0 spiro atoms. The maximum absolute atomic E-state index is 11.9. The van der Waals surface area contributed by atoms with Crippen molar-refractivity contribution in [1.82, 2.24) is 0 Å². The number of aromatic hydroxyl groups is 1. The van der Waals surface area contributed by atoms with Gasteiger partial charge in [-0.2, -0.15) is 8.78 Å². The van der Waals surface area contributed by atoms with Crippen molar-refractivity contribution in [3.8, 4) is 11.5 Å². The summed E-state index contributed by atoms with van der Waals surface area (Å²) in [5, 5.41) is 9.00. The molecule has 0 amide bonds. The first kappa shape index (κ1) is 10.4. The van der Waals surface area contributed by atoms with Crippen LogP contribution in [0.1, 0.15) is 17.3 Å². The van der Waals surface area contributed by atoms with Crippen molar-refractivity contribution in [3.05, 3.63) is 23.8 Å². The normalized spacial score (nSPS) is 10.3. The van der Waals surface area contributed by atoms with Crippen molar-refractivity contribution >= 4 is 5.78 Å². The molecule has 0 unspecified atom stereocenters. The summed E-state index contributed by atoms with van der Waals surface area (Å²) in [5.74, 6) is -0.946. The van der Waals surface area contributed by atoms with Gasteiger partial charge in [0.1, 0.15) is 11.5 Å². The Morgan fingerprint density at radius 3 is 2.64 bits per heavy atom. The highest BCUT2D eigenvalue weighted by Gasteiger charge is 2.13. The summed E-state index contributed by atoms with van der Waals surface area (Å²) in [5.41, 5.74) is 0.0168. The molecule has 1 N–H and O–H groups in total. The monoisotopic (exact) mass is 202 g/mol. The van der Waals surface area contributed by atoms with Crippen LogP contribution in [0.5, 0.6) is 11.5 Å². The first-order valence-corrected chi connectivity index (χ1v) is 3.79. The van der Waals surface area contributed by atoms with Crippen LogP contribution in [0.3, 0.4) is 0 Å². The van der Waals surface area contributed by atoms with Gasteiger partial charge in [-0.25, -0.2) is 0 Å². The van der Waals surface area contributed by atoms with Crippen molar-refractivity contribution in [2.45, 2.75) is 13.5 Å². The summed E-state index contributed by atoms with van der Waals surface area (Å²) in [4.78, 5) is 11.0. The third-order valence-corrected chi connectivity index (χ3v) is 1.56. The highest BCUT2D eigenvalue weighted by molar-refractivity contribution is 5.97. The topological polar surface area (TPSA) is 46.5 Å². The van der Waals surface area contributed by atoms with Gasteiger partial charge >= 0.3 is 6.61 Å². The van der Waals surface area contributed by atoms with Crippen molar-refractivity contribution < 1.29 is 23.4 Å². The van der Waals surface area contributed by atoms with Crippen molar-refractivity contribution in [3.63, 3.8) is 0 Å². The number of ketones is 1. The Bertz CT molecular complexity index is 350. The number of hydrogen-bond acceptors (Lipinski definition) is 3. The zero-order valence-electron chi connectivity index (χ0n) is 7.33. The predicted octanol–water partition coefficient (Wildman–Crippen LogP) is 2.20. The minimum absolute atomic E-state index is 0.0168. The molecule has 0 saturated carbocycles. The molecule has 3 nitrogen and oxygen atoms in total. The molecule has 0 fully saturated rings. The summed E-state index contributed by atoms with van der Waals surface area (Å²) in [7, 11) is 0. The number of benzene rings is 1. The number of carbonyl (C=O) groups is 1. The fraction of sp³-hybridized carbons (Fsp3) is 0.222. The van der Waals surface area contributed by atoms with Crippen molar-refractivity contribution in [2.75, 3.05) is 0 Å². The van der Waals surface area contributed by atoms with E-state index >= 15 is 0 Å². The quantitative estimate of drug-likeness (QED) is 0.764. The van der Waals surface area contributed by atoms with Crippen LogP contribution in [0.4, 0.5) is 8.78 Å². The minimum Gasteiger partial charge on any atom is -0.508 e. The fourth-order valence-electron chi connectivity index (χ4n) is 0.995. The molecule has 0 atom stereocenters. The standard InChI is InChI=1S/C9H8F2O3/c1-5(12)7-3-2-6(13)4-8(7)14-9(10)11/h2-4,9,13H,1H3. The zero-order chi connectivity index (χ0) is 10.7. The molecule has 0 saturated heterocycles. The lowest BCUT2D eigenvalue weighted by Gasteiger charge is -2.08. The van der Waals surface area contributed by atoms with E-state index in [1.807, 2.05) is 0 Å². The highest BCUT2D eigenvalue weighted by atomic mass is 19.3. The molecule has 0 aromatic heterocycles. The Kier molecular flexibility index (Phi) is 3.01. The van der Waals surface area contributed by atoms with E-state index in [0.717, 1.165) is 6.07 Å². The molecule has 1 aromatic carbocycles. The minimum atomic E-state index is -3.02. The van der Waals surface area contributed by atoms with E-state index in [0.29, 0.717) is 0 Å². The summed E-state index contributed by atoms with van der Waals surface area (Å²) in [6.45, 7) is -1.79. The van der Waals surface area contributed by atoms with E-state index in [-0.39, 0.29) is 17.1 Å². The van der Waals surface area contributed by atoms with Crippen molar-refractivity contribution in [1.29, 1.82) is 0 Å². The van der Waals surface area contributed by atoms with Crippen LogP contribution in [0.2, 0.25) is 0 Å². The first-order chi connectivity index (χ1) is 6.50. The maximum Gasteiger partial charge on any atom is 0.387 e. The molecule has 0 aliphatic heterocycles. The lowest BCUT2D eigenvalue weighted by molar-refractivity contribution is -0.0502. The van der Waals surface area contributed by atoms with Crippen molar-refractivity contribution in [2.24, 2.45) is 0 Å². The summed E-state index contributed by atoms with van der Waals surface area (Å²) in [6.07, 6.45) is 0. The number of carbonyl (C=O) groups excluding carboxylic acids is 1. The van der Waals surface area contributed by atoms with Crippen LogP contribution in [-0.2, 0) is 0 Å². The molecule has 14 heavy (non-hydrogen) atoms. The van der Waals surface area contributed by atoms with Gasteiger partial charge in [0.25, 0.3) is 0 Å². The van der Waals surface area contributed by atoms with Crippen LogP contribution in [0.15, 0.2) is 18.2 Å². The molecule has 1 aromatic rings. The average molecular weight is 202 g/mol. The molecule has 1 rings (SSSR count). The second-order valence-corrected chi connectivity index (χ2v) is 2.62. The van der Waals surface area contributed by atoms with Gasteiger partial charge in [0, 0.05) is 6.07 Å². The van der Waals surface area contributed by atoms with E-state index < -0.39 is 12.4 Å². The maximum atomic E-state index is 11.9. The molecule has 76 valence electrons. The first-order valence-electron chi connectivity index (χ1n) is 3.79. The molecule has 0 aliphatic rings. The lowest BCUT2D eigenvalue weighted by Crippen LogP contribution is -2.06. The van der Waals surface area contributed by atoms with Crippen LogP contribution in [-0.4, -0.2) is 17.5 Å². The second kappa shape index (κ2) is 4.04. The molecule has 5 heteroatoms. The van der Waals surface area contributed by atoms with Gasteiger partial charge < -0.3 is 9.84 Å². The SMILES string of the molecule is CC(=O)c1ccc(O)cc1OC(F)F. The number of hydrogen-bond donors (Lipinski definition) is 1. The Labute approximate surface area is 78.9 Å². The van der Waals surface area contributed by atoms with Gasteiger partial charge in [0.15, 0.2) is 5.78 Å². The van der Waals surface area contributed by atoms with Gasteiger partial charge in [-0.1, -0.05) is 0 Å². The number of phenols is 1. The second-order valence-electron chi connectivity index (χ2n) is 2.62. The number of Topliss-reactive ketones (excluding diaryl/α,β-unsaturated/α-hetero) is 1. The van der Waals surface area contributed by atoms with Crippen LogP contribution >= 0.6 is 0 Å². The van der Waals surface area contributed by atoms with Gasteiger partial charge in [-0.3, -0.25) is 4.79 Å². The molecule has 0 heterocycles. The third kappa shape index (κ3) is 2.42. The van der Waals surface area contributed by atoms with E-state index in [1.165, 1.54) is 19.1 Å². The molecule has 0 aliphatic carbocycles. The Morgan fingerprint density at radius 1 is 1.50 bits per heavy atom. The van der Waals surface area contributed by atoms with Gasteiger partial charge in [0.05, 0.1) is 5.56 Å². The number of phenolic OH excluding ortho intramolecular Hbond substituents is 1. The van der Waals surface area contributed by atoms with E-state index in [4.69, 9.17) is 5.11 Å². The smallest absolute Gasteiger partial charge is 0.387 e. The van der Waals surface area contributed by atoms with Crippen LogP contribution in [0.25, 0.3) is 0 Å². The molecular weight excluding hydrogens is 194 g/mol. The fourth-order valence-corrected chi connectivity index (χ4v) is 0.995. The Balaban J connectivity index is 3.09. The number of rotatable bonds is 3. The number of halogens is 2. The number of ether oxygens (including phenoxy) is 1. The lowest BCUT2D eigenvalue weighted by atomic mass is 10.1.